The van der Waals surface area contributed by atoms with Gasteiger partial charge in [-0.15, -0.1) is 0 Å². The molecule has 3 aliphatic heterocycles. The quantitative estimate of drug-likeness (QED) is 0.746. The number of carbonyl (C=O) groups is 1. The van der Waals surface area contributed by atoms with Gasteiger partial charge in [-0.3, -0.25) is 4.90 Å². The molecule has 1 aromatic heterocycles. The fourth-order valence-electron chi connectivity index (χ4n) is 5.22. The first-order chi connectivity index (χ1) is 13.1. The van der Waals surface area contributed by atoms with Crippen LogP contribution in [0.25, 0.3) is 10.9 Å². The number of methoxy groups -OCH3 is 1. The van der Waals surface area contributed by atoms with Crippen LogP contribution in [0.2, 0.25) is 0 Å². The van der Waals surface area contributed by atoms with E-state index < -0.39 is 0 Å². The Morgan fingerprint density at radius 3 is 3.11 bits per heavy atom. The Morgan fingerprint density at radius 1 is 1.44 bits per heavy atom. The fourth-order valence-corrected chi connectivity index (χ4v) is 5.22. The predicted octanol–water partition coefficient (Wildman–Crippen LogP) is 3.62. The van der Waals surface area contributed by atoms with Crippen molar-refractivity contribution in [2.75, 3.05) is 20.2 Å². The highest BCUT2D eigenvalue weighted by atomic mass is 16.5. The van der Waals surface area contributed by atoms with Gasteiger partial charge in [-0.25, -0.2) is 4.79 Å². The first-order valence-electron chi connectivity index (χ1n) is 9.58. The molecule has 0 bridgehead atoms. The first kappa shape index (κ1) is 16.7. The van der Waals surface area contributed by atoms with E-state index in [1.165, 1.54) is 18.4 Å². The van der Waals surface area contributed by atoms with Crippen LogP contribution in [0.4, 0.5) is 0 Å². The maximum atomic E-state index is 12.3. The molecule has 148 valence electrons. The van der Waals surface area contributed by atoms with Crippen LogP contribution in [0.1, 0.15) is 34.9 Å². The number of aromatic nitrogens is 1. The number of aromatic amines is 1. The van der Waals surface area contributed by atoms with Crippen molar-refractivity contribution in [2.45, 2.75) is 31.9 Å². The van der Waals surface area contributed by atoms with Crippen LogP contribution < -0.4 is 0 Å². The lowest BCUT2D eigenvalue weighted by molar-refractivity contribution is -0.139. The van der Waals surface area contributed by atoms with Crippen LogP contribution in [0.3, 0.4) is 0 Å². The maximum absolute atomic E-state index is 12.3. The van der Waals surface area contributed by atoms with Crippen LogP contribution in [0, 0.1) is 11.8 Å². The van der Waals surface area contributed by atoms with Crippen molar-refractivity contribution < 1.29 is 23.7 Å². The van der Waals surface area contributed by atoms with Crippen LogP contribution >= 0.6 is 0 Å². The molecule has 4 heterocycles. The summed E-state index contributed by atoms with van der Waals surface area (Å²) in [6, 6.07) is 5.75. The predicted molar refractivity (Wildman–Crippen MR) is 107 cm³/mol. The topological polar surface area (TPSA) is 74.8 Å². The number of nitrogens with zero attached hydrogens (tertiary/aromatic N) is 1. The molecular weight excluding hydrogens is 344 g/mol. The number of benzene rings is 1. The number of phenols is 1. The summed E-state index contributed by atoms with van der Waals surface area (Å²) in [7, 11) is 1.42. The molecular formula is C21H30N2O4. The smallest absolute Gasteiger partial charge is 0.337 e. The highest BCUT2D eigenvalue weighted by Gasteiger charge is 2.46. The number of esters is 1. The molecule has 0 saturated carbocycles. The van der Waals surface area contributed by atoms with Gasteiger partial charge in [-0.1, -0.05) is 0 Å². The minimum Gasteiger partial charge on any atom is -0.508 e. The Balaban J connectivity index is 0.00000107. The molecule has 1 aromatic carbocycles. The van der Waals surface area contributed by atoms with Crippen molar-refractivity contribution >= 4 is 16.9 Å². The summed E-state index contributed by atoms with van der Waals surface area (Å²) in [6.45, 7) is 3.97. The van der Waals surface area contributed by atoms with Gasteiger partial charge in [-0.05, 0) is 43.5 Å². The monoisotopic (exact) mass is 374 g/mol. The number of fused-ring (bicyclic) bond motifs is 6. The lowest BCUT2D eigenvalue weighted by Gasteiger charge is -2.49. The summed E-state index contributed by atoms with van der Waals surface area (Å²) in [4.78, 5) is 18.4. The summed E-state index contributed by atoms with van der Waals surface area (Å²) in [5.41, 5.74) is 4.24. The maximum Gasteiger partial charge on any atom is 0.337 e. The van der Waals surface area contributed by atoms with Crippen LogP contribution in [-0.4, -0.2) is 47.3 Å². The van der Waals surface area contributed by atoms with Gasteiger partial charge < -0.3 is 19.6 Å². The Kier molecular flexibility index (Phi) is 3.72. The molecule has 0 amide bonds. The van der Waals surface area contributed by atoms with Crippen LogP contribution in [0.15, 0.2) is 30.0 Å². The third-order valence-electron chi connectivity index (χ3n) is 6.62. The lowest BCUT2D eigenvalue weighted by atomic mass is 9.72. The largest absolute Gasteiger partial charge is 0.508 e. The average Bonchev–Trinajstić information content (AvgIpc) is 3.05. The number of hydrogen-bond donors (Lipinski definition) is 2. The molecule has 3 unspecified atom stereocenters. The molecule has 3 aliphatic rings. The number of H-pyrrole nitrogens is 1. The van der Waals surface area contributed by atoms with Crippen LogP contribution in [-0.2, 0) is 20.7 Å². The van der Waals surface area contributed by atoms with Gasteiger partial charge >= 0.3 is 5.97 Å². The molecule has 1 saturated heterocycles. The summed E-state index contributed by atoms with van der Waals surface area (Å²) >= 11 is 0. The van der Waals surface area contributed by atoms with Crippen molar-refractivity contribution in [1.29, 1.82) is 0 Å². The van der Waals surface area contributed by atoms with Crippen molar-refractivity contribution in [2.24, 2.45) is 11.8 Å². The Labute approximate surface area is 162 Å². The van der Waals surface area contributed by atoms with Gasteiger partial charge in [0.05, 0.1) is 31.1 Å². The average molecular weight is 374 g/mol. The van der Waals surface area contributed by atoms with Crippen molar-refractivity contribution in [3.8, 4) is 5.75 Å². The van der Waals surface area contributed by atoms with Crippen molar-refractivity contribution in [1.82, 2.24) is 9.88 Å². The minimum absolute atomic E-state index is 0. The van der Waals surface area contributed by atoms with Gasteiger partial charge in [-0.2, -0.15) is 0 Å². The van der Waals surface area contributed by atoms with Gasteiger partial charge in [0.15, 0.2) is 0 Å². The standard InChI is InChI=1S/C21H24N2O4.3H2/c1-11-16-9-23-6-5-13-15-7-12(24)3-4-18(15)22-20(13)19(23)8-14(16)17(10-27-11)21(25)26-2;;;/h3-4,7,10-11,14,16,19,22,24H,5-6,8-9H2,1-2H3;3*1H/t11-,14?,16?,19?;;;/m0.../s1. The van der Waals surface area contributed by atoms with Crippen molar-refractivity contribution in [3.63, 3.8) is 0 Å². The Hall–Kier alpha value is -2.47. The van der Waals surface area contributed by atoms with E-state index in [1.54, 1.807) is 12.3 Å². The number of piperidine rings is 1. The van der Waals surface area contributed by atoms with E-state index in [-0.39, 0.29) is 34.2 Å². The lowest BCUT2D eigenvalue weighted by Crippen LogP contribution is -2.51. The Morgan fingerprint density at radius 2 is 2.30 bits per heavy atom. The van der Waals surface area contributed by atoms with Crippen LogP contribution in [0.5, 0.6) is 5.75 Å². The number of carbonyl (C=O) groups excluding carboxylic acids is 1. The zero-order chi connectivity index (χ0) is 18.7. The summed E-state index contributed by atoms with van der Waals surface area (Å²) < 4.78 is 10.8. The summed E-state index contributed by atoms with van der Waals surface area (Å²) in [5.74, 6) is 0.427. The number of rotatable bonds is 1. The molecule has 0 radical (unpaired) electrons. The SMILES string of the molecule is COC(=O)C1=CO[C@@H](C)C2CN3CCc4c([nH]c5ccc(O)cc45)C3CC12.[HH].[HH].[HH]. The molecule has 2 N–H and O–H groups in total. The van der Waals surface area contributed by atoms with E-state index in [9.17, 15) is 9.90 Å². The molecule has 1 fully saturated rings. The Bertz CT molecular complexity index is 961. The number of nitrogens with one attached hydrogen (secondary N) is 1. The second kappa shape index (κ2) is 6.02. The van der Waals surface area contributed by atoms with E-state index >= 15 is 0 Å². The second-order valence-corrected chi connectivity index (χ2v) is 7.92. The van der Waals surface area contributed by atoms with E-state index in [1.807, 2.05) is 12.1 Å². The molecule has 0 spiro atoms. The molecule has 6 heteroatoms. The third-order valence-corrected chi connectivity index (χ3v) is 6.62. The van der Waals surface area contributed by atoms with Gasteiger partial charge in [0.2, 0.25) is 0 Å². The molecule has 4 atom stereocenters. The van der Waals surface area contributed by atoms with Gasteiger partial charge in [0.25, 0.3) is 0 Å². The highest BCUT2D eigenvalue weighted by molar-refractivity contribution is 5.89. The molecule has 2 aromatic rings. The minimum atomic E-state index is -0.289. The molecule has 27 heavy (non-hydrogen) atoms. The number of hydrogen-bond acceptors (Lipinski definition) is 5. The molecule has 0 aliphatic carbocycles. The first-order valence-corrected chi connectivity index (χ1v) is 9.58. The van der Waals surface area contributed by atoms with E-state index in [0.717, 1.165) is 36.8 Å². The third kappa shape index (κ3) is 2.46. The molecule has 5 rings (SSSR count). The van der Waals surface area contributed by atoms with E-state index in [0.29, 0.717) is 11.3 Å². The van der Waals surface area contributed by atoms with Crippen molar-refractivity contribution in [3.05, 3.63) is 41.3 Å². The van der Waals surface area contributed by atoms with Gasteiger partial charge in [0, 0.05) is 45.8 Å². The zero-order valence-electron chi connectivity index (χ0n) is 15.6. The second-order valence-electron chi connectivity index (χ2n) is 7.92. The fraction of sp³-hybridized carbons (Fsp3) is 0.476. The van der Waals surface area contributed by atoms with E-state index in [4.69, 9.17) is 9.47 Å². The number of phenolic OH excluding ortho intramolecular Hbond substituents is 1. The van der Waals surface area contributed by atoms with E-state index in [2.05, 4.69) is 16.8 Å². The summed E-state index contributed by atoms with van der Waals surface area (Å²) in [6.07, 6.45) is 3.53. The highest BCUT2D eigenvalue weighted by Crippen LogP contribution is 2.47. The number of aromatic hydroxyl groups is 1. The molecule has 6 nitrogen and oxygen atoms in total. The zero-order valence-corrected chi connectivity index (χ0v) is 15.6. The summed E-state index contributed by atoms with van der Waals surface area (Å²) in [5, 5.41) is 11.0. The normalized spacial score (nSPS) is 29.9. The number of ether oxygens (including phenoxy) is 2. The van der Waals surface area contributed by atoms with Gasteiger partial charge in [0.1, 0.15) is 5.75 Å².